The summed E-state index contributed by atoms with van der Waals surface area (Å²) in [5.41, 5.74) is 4.82. The number of aromatic nitrogens is 2. The molecule has 3 heteroatoms. The molecule has 0 unspecified atom stereocenters. The van der Waals surface area contributed by atoms with E-state index >= 15 is 0 Å². The van der Waals surface area contributed by atoms with Gasteiger partial charge in [-0.3, -0.25) is 4.68 Å². The first-order chi connectivity index (χ1) is 7.86. The van der Waals surface area contributed by atoms with Gasteiger partial charge < -0.3 is 5.32 Å². The number of nitrogens with one attached hydrogen (secondary N) is 1. The van der Waals surface area contributed by atoms with Crippen LogP contribution in [0.25, 0.3) is 11.3 Å². The van der Waals surface area contributed by atoms with Crippen LogP contribution >= 0.6 is 0 Å². The first-order valence-electron chi connectivity index (χ1n) is 5.71. The van der Waals surface area contributed by atoms with E-state index in [1.54, 1.807) is 0 Å². The predicted molar refractivity (Wildman–Crippen MR) is 65.5 cm³/mol. The molecule has 1 aromatic heterocycles. The Morgan fingerprint density at radius 3 is 2.88 bits per heavy atom. The molecule has 0 radical (unpaired) electrons. The Hall–Kier alpha value is -1.77. The van der Waals surface area contributed by atoms with Crippen molar-refractivity contribution in [1.82, 2.24) is 9.78 Å². The van der Waals surface area contributed by atoms with Gasteiger partial charge in [-0.1, -0.05) is 30.3 Å². The molecule has 16 heavy (non-hydrogen) atoms. The molecule has 1 aliphatic heterocycles. The van der Waals surface area contributed by atoms with Gasteiger partial charge in [0, 0.05) is 19.2 Å². The Bertz CT molecular complexity index is 499. The summed E-state index contributed by atoms with van der Waals surface area (Å²) in [5.74, 6) is 0. The van der Waals surface area contributed by atoms with Gasteiger partial charge in [0.05, 0.1) is 11.4 Å². The second-order valence-electron chi connectivity index (χ2n) is 4.19. The number of fused-ring (bicyclic) bond motifs is 1. The molecule has 0 saturated carbocycles. The monoisotopic (exact) mass is 213 g/mol. The topological polar surface area (TPSA) is 29.9 Å². The average Bonchev–Trinajstić information content (AvgIpc) is 2.69. The number of benzene rings is 1. The highest BCUT2D eigenvalue weighted by Crippen LogP contribution is 2.32. The van der Waals surface area contributed by atoms with Gasteiger partial charge in [-0.25, -0.2) is 0 Å². The molecule has 0 amide bonds. The third-order valence-electron chi connectivity index (χ3n) is 3.11. The summed E-state index contributed by atoms with van der Waals surface area (Å²) in [6, 6.07) is 10.4. The van der Waals surface area contributed by atoms with Gasteiger partial charge in [-0.15, -0.1) is 0 Å². The van der Waals surface area contributed by atoms with E-state index in [1.807, 2.05) is 17.8 Å². The van der Waals surface area contributed by atoms with Crippen LogP contribution in [0.1, 0.15) is 12.1 Å². The van der Waals surface area contributed by atoms with E-state index < -0.39 is 0 Å². The normalized spacial score (nSPS) is 14.3. The zero-order chi connectivity index (χ0) is 11.0. The fourth-order valence-electron chi connectivity index (χ4n) is 2.30. The van der Waals surface area contributed by atoms with Crippen LogP contribution in [0.15, 0.2) is 30.3 Å². The van der Waals surface area contributed by atoms with Gasteiger partial charge in [0.1, 0.15) is 5.69 Å². The molecule has 2 heterocycles. The van der Waals surface area contributed by atoms with Crippen LogP contribution < -0.4 is 5.32 Å². The van der Waals surface area contributed by atoms with Crippen molar-refractivity contribution in [2.75, 3.05) is 11.9 Å². The van der Waals surface area contributed by atoms with Gasteiger partial charge in [0.2, 0.25) is 0 Å². The molecule has 0 bridgehead atoms. The number of anilines is 1. The summed E-state index contributed by atoms with van der Waals surface area (Å²) in [5, 5.41) is 8.08. The maximum Gasteiger partial charge on any atom is 0.116 e. The molecule has 0 atom stereocenters. The molecule has 3 nitrogen and oxygen atoms in total. The van der Waals surface area contributed by atoms with E-state index in [-0.39, 0.29) is 0 Å². The third kappa shape index (κ3) is 1.40. The van der Waals surface area contributed by atoms with Crippen LogP contribution in [-0.2, 0) is 13.5 Å². The minimum atomic E-state index is 1.05. The van der Waals surface area contributed by atoms with Gasteiger partial charge in [-0.2, -0.15) is 5.10 Å². The molecule has 3 rings (SSSR count). The van der Waals surface area contributed by atoms with Gasteiger partial charge in [0.25, 0.3) is 0 Å². The average molecular weight is 213 g/mol. The van der Waals surface area contributed by atoms with Crippen molar-refractivity contribution < 1.29 is 0 Å². The quantitative estimate of drug-likeness (QED) is 0.788. The molecular formula is C13H15N3. The van der Waals surface area contributed by atoms with Crippen LogP contribution in [0.4, 0.5) is 5.69 Å². The molecule has 0 spiro atoms. The van der Waals surface area contributed by atoms with Gasteiger partial charge >= 0.3 is 0 Å². The summed E-state index contributed by atoms with van der Waals surface area (Å²) >= 11 is 0. The summed E-state index contributed by atoms with van der Waals surface area (Å²) in [4.78, 5) is 0. The molecule has 2 aromatic rings. The molecule has 0 fully saturated rings. The summed E-state index contributed by atoms with van der Waals surface area (Å²) < 4.78 is 2.00. The lowest BCUT2D eigenvalue weighted by Crippen LogP contribution is -2.13. The van der Waals surface area contributed by atoms with Crippen molar-refractivity contribution in [2.24, 2.45) is 7.05 Å². The van der Waals surface area contributed by atoms with Crippen molar-refractivity contribution in [3.05, 3.63) is 36.0 Å². The van der Waals surface area contributed by atoms with Crippen molar-refractivity contribution in [3.8, 4) is 11.3 Å². The van der Waals surface area contributed by atoms with Crippen molar-refractivity contribution in [1.29, 1.82) is 0 Å². The van der Waals surface area contributed by atoms with E-state index in [4.69, 9.17) is 0 Å². The lowest BCUT2D eigenvalue weighted by Gasteiger charge is -2.15. The lowest BCUT2D eigenvalue weighted by atomic mass is 10.1. The summed E-state index contributed by atoms with van der Waals surface area (Å²) in [7, 11) is 2.03. The van der Waals surface area contributed by atoms with Crippen molar-refractivity contribution in [3.63, 3.8) is 0 Å². The maximum atomic E-state index is 4.62. The smallest absolute Gasteiger partial charge is 0.116 e. The molecule has 0 aliphatic carbocycles. The Morgan fingerprint density at radius 2 is 2.06 bits per heavy atom. The fraction of sp³-hybridized carbons (Fsp3) is 0.308. The minimum Gasteiger partial charge on any atom is -0.382 e. The first kappa shape index (κ1) is 9.46. The largest absolute Gasteiger partial charge is 0.382 e. The van der Waals surface area contributed by atoms with Gasteiger partial charge in [-0.05, 0) is 12.8 Å². The number of hydrogen-bond donors (Lipinski definition) is 1. The molecular weight excluding hydrogens is 198 g/mol. The van der Waals surface area contributed by atoms with E-state index in [0.717, 1.165) is 18.7 Å². The van der Waals surface area contributed by atoms with E-state index in [1.165, 1.54) is 23.4 Å². The highest BCUT2D eigenvalue weighted by atomic mass is 15.3. The molecule has 1 aliphatic rings. The fourth-order valence-corrected chi connectivity index (χ4v) is 2.30. The van der Waals surface area contributed by atoms with Crippen molar-refractivity contribution >= 4 is 5.69 Å². The van der Waals surface area contributed by atoms with Crippen LogP contribution in [0.2, 0.25) is 0 Å². The summed E-state index contributed by atoms with van der Waals surface area (Å²) in [6.07, 6.45) is 2.32. The first-order valence-corrected chi connectivity index (χ1v) is 5.71. The molecule has 0 saturated heterocycles. The third-order valence-corrected chi connectivity index (χ3v) is 3.11. The van der Waals surface area contributed by atoms with E-state index in [9.17, 15) is 0 Å². The van der Waals surface area contributed by atoms with Crippen LogP contribution in [0.3, 0.4) is 0 Å². The number of rotatable bonds is 1. The minimum absolute atomic E-state index is 1.05. The summed E-state index contributed by atoms with van der Waals surface area (Å²) in [6.45, 7) is 1.05. The molecule has 82 valence electrons. The van der Waals surface area contributed by atoms with Crippen molar-refractivity contribution in [2.45, 2.75) is 12.8 Å². The second kappa shape index (κ2) is 3.67. The van der Waals surface area contributed by atoms with Crippen LogP contribution in [-0.4, -0.2) is 16.3 Å². The Morgan fingerprint density at radius 1 is 1.25 bits per heavy atom. The maximum absolute atomic E-state index is 4.62. The zero-order valence-electron chi connectivity index (χ0n) is 9.40. The van der Waals surface area contributed by atoms with E-state index in [2.05, 4.69) is 34.7 Å². The highest BCUT2D eigenvalue weighted by molar-refractivity contribution is 5.76. The Kier molecular flexibility index (Phi) is 2.17. The van der Waals surface area contributed by atoms with Crippen LogP contribution in [0, 0.1) is 0 Å². The molecule has 1 aromatic carbocycles. The second-order valence-corrected chi connectivity index (χ2v) is 4.19. The number of nitrogens with zero attached hydrogens (tertiary/aromatic N) is 2. The Labute approximate surface area is 95.1 Å². The van der Waals surface area contributed by atoms with E-state index in [0.29, 0.717) is 0 Å². The lowest BCUT2D eigenvalue weighted by molar-refractivity contribution is 0.683. The number of hydrogen-bond acceptors (Lipinski definition) is 2. The zero-order valence-corrected chi connectivity index (χ0v) is 9.40. The van der Waals surface area contributed by atoms with Crippen LogP contribution in [0.5, 0.6) is 0 Å². The molecule has 1 N–H and O–H groups in total. The standard InChI is InChI=1S/C13H15N3/c1-16-11-8-5-9-14-13(11)12(15-16)10-6-3-2-4-7-10/h2-4,6-7,14H,5,8-9H2,1H3. The predicted octanol–water partition coefficient (Wildman–Crippen LogP) is 2.45. The SMILES string of the molecule is Cn1nc(-c2ccccc2)c2c1CCCN2. The highest BCUT2D eigenvalue weighted by Gasteiger charge is 2.19. The number of aryl methyl sites for hydroxylation is 1. The van der Waals surface area contributed by atoms with Gasteiger partial charge in [0.15, 0.2) is 0 Å². The Balaban J connectivity index is 2.15.